The topological polar surface area (TPSA) is 69.7 Å². The Morgan fingerprint density at radius 3 is 2.71 bits per heavy atom. The number of carbonyl (C=O) groups excluding carboxylic acids is 1. The van der Waals surface area contributed by atoms with Crippen LogP contribution in [0.4, 0.5) is 5.69 Å². The second-order valence-electron chi connectivity index (χ2n) is 7.40. The molecular formula is C20H25N3O3S2. The highest BCUT2D eigenvalue weighted by molar-refractivity contribution is 7.89. The first-order valence-corrected chi connectivity index (χ1v) is 12.0. The molecule has 4 rings (SSSR count). The molecule has 28 heavy (non-hydrogen) atoms. The molecular weight excluding hydrogens is 394 g/mol. The first kappa shape index (κ1) is 19.4. The Morgan fingerprint density at radius 2 is 1.93 bits per heavy atom. The van der Waals surface area contributed by atoms with Crippen molar-refractivity contribution in [2.75, 3.05) is 31.6 Å². The lowest BCUT2D eigenvalue weighted by Crippen LogP contribution is -2.30. The van der Waals surface area contributed by atoms with Gasteiger partial charge in [0.25, 0.3) is 5.91 Å². The van der Waals surface area contributed by atoms with E-state index in [9.17, 15) is 13.2 Å². The highest BCUT2D eigenvalue weighted by atomic mass is 32.2. The van der Waals surface area contributed by atoms with Gasteiger partial charge in [0.2, 0.25) is 10.0 Å². The molecule has 8 heteroatoms. The molecule has 0 bridgehead atoms. The number of thiophene rings is 1. The van der Waals surface area contributed by atoms with E-state index in [2.05, 4.69) is 29.4 Å². The summed E-state index contributed by atoms with van der Waals surface area (Å²) in [6.45, 7) is 2.51. The summed E-state index contributed by atoms with van der Waals surface area (Å²) in [6.07, 6.45) is 3.92. The lowest BCUT2D eigenvalue weighted by atomic mass is 9.99. The zero-order chi connectivity index (χ0) is 19.7. The quantitative estimate of drug-likeness (QED) is 0.809. The number of fused-ring (bicyclic) bond motifs is 1. The van der Waals surface area contributed by atoms with Crippen molar-refractivity contribution in [1.82, 2.24) is 9.62 Å². The standard InChI is InChI=1S/C20H25N3O3S2/c1-22-9-4-5-16-13-15(6-7-17(16)22)14-21-20(24)19-18(8-12-27-19)28(25,26)23-10-2-3-11-23/h6-8,12-13H,2-5,9-11,14H2,1H3,(H,21,24). The van der Waals surface area contributed by atoms with Crippen molar-refractivity contribution in [3.8, 4) is 0 Å². The van der Waals surface area contributed by atoms with E-state index in [4.69, 9.17) is 0 Å². The minimum Gasteiger partial charge on any atom is -0.374 e. The molecule has 1 aromatic heterocycles. The van der Waals surface area contributed by atoms with E-state index in [0.717, 1.165) is 37.8 Å². The Bertz CT molecular complexity index is 978. The summed E-state index contributed by atoms with van der Waals surface area (Å²) in [6, 6.07) is 7.81. The van der Waals surface area contributed by atoms with Gasteiger partial charge in [0.15, 0.2) is 0 Å². The number of nitrogens with zero attached hydrogens (tertiary/aromatic N) is 2. The maximum Gasteiger partial charge on any atom is 0.263 e. The Hall–Kier alpha value is -1.90. The van der Waals surface area contributed by atoms with Crippen molar-refractivity contribution in [1.29, 1.82) is 0 Å². The van der Waals surface area contributed by atoms with Crippen LogP contribution in [0.15, 0.2) is 34.5 Å². The Labute approximate surface area is 170 Å². The molecule has 0 unspecified atom stereocenters. The molecule has 0 atom stereocenters. The number of sulfonamides is 1. The van der Waals surface area contributed by atoms with E-state index in [-0.39, 0.29) is 15.7 Å². The number of aryl methyl sites for hydroxylation is 1. The molecule has 150 valence electrons. The molecule has 1 amide bonds. The minimum absolute atomic E-state index is 0.129. The van der Waals surface area contributed by atoms with Gasteiger partial charge in [-0.25, -0.2) is 8.42 Å². The van der Waals surface area contributed by atoms with Crippen molar-refractivity contribution < 1.29 is 13.2 Å². The molecule has 0 spiro atoms. The smallest absolute Gasteiger partial charge is 0.263 e. The molecule has 6 nitrogen and oxygen atoms in total. The molecule has 0 saturated carbocycles. The Balaban J connectivity index is 1.48. The van der Waals surface area contributed by atoms with Crippen LogP contribution >= 0.6 is 11.3 Å². The molecule has 0 aliphatic carbocycles. The van der Waals surface area contributed by atoms with Crippen LogP contribution in [0.2, 0.25) is 0 Å². The van der Waals surface area contributed by atoms with Gasteiger partial charge in [0, 0.05) is 38.9 Å². The van der Waals surface area contributed by atoms with Crippen molar-refractivity contribution in [2.24, 2.45) is 0 Å². The van der Waals surface area contributed by atoms with Gasteiger partial charge in [-0.15, -0.1) is 11.3 Å². The SMILES string of the molecule is CN1CCCc2cc(CNC(=O)c3sccc3S(=O)(=O)N3CCCC3)ccc21. The third-order valence-corrected chi connectivity index (χ3v) is 8.45. The fourth-order valence-electron chi connectivity index (χ4n) is 3.94. The van der Waals surface area contributed by atoms with Crippen LogP contribution in [-0.2, 0) is 23.0 Å². The number of carbonyl (C=O) groups is 1. The zero-order valence-corrected chi connectivity index (χ0v) is 17.6. The molecule has 1 N–H and O–H groups in total. The van der Waals surface area contributed by atoms with E-state index >= 15 is 0 Å². The number of benzene rings is 1. The van der Waals surface area contributed by atoms with Crippen LogP contribution in [0, 0.1) is 0 Å². The molecule has 2 aromatic rings. The molecule has 3 heterocycles. The lowest BCUT2D eigenvalue weighted by Gasteiger charge is -2.27. The van der Waals surface area contributed by atoms with Crippen molar-refractivity contribution in [2.45, 2.75) is 37.1 Å². The van der Waals surface area contributed by atoms with Crippen LogP contribution in [-0.4, -0.2) is 45.3 Å². The Morgan fingerprint density at radius 1 is 1.14 bits per heavy atom. The third kappa shape index (κ3) is 3.68. The van der Waals surface area contributed by atoms with Gasteiger partial charge in [-0.2, -0.15) is 4.31 Å². The average Bonchev–Trinajstić information content (AvgIpc) is 3.38. The van der Waals surface area contributed by atoms with Gasteiger partial charge in [-0.05, 0) is 54.3 Å². The first-order valence-electron chi connectivity index (χ1n) is 9.65. The number of anilines is 1. The van der Waals surface area contributed by atoms with E-state index in [1.54, 1.807) is 11.4 Å². The number of hydrogen-bond acceptors (Lipinski definition) is 5. The first-order chi connectivity index (χ1) is 13.5. The second-order valence-corrected chi connectivity index (χ2v) is 10.2. The molecule has 2 aliphatic heterocycles. The highest BCUT2D eigenvalue weighted by Gasteiger charge is 2.31. The summed E-state index contributed by atoms with van der Waals surface area (Å²) in [5, 5.41) is 4.57. The van der Waals surface area contributed by atoms with Crippen molar-refractivity contribution in [3.05, 3.63) is 45.6 Å². The largest absolute Gasteiger partial charge is 0.374 e. The maximum absolute atomic E-state index is 12.8. The van der Waals surface area contributed by atoms with Gasteiger partial charge in [-0.1, -0.05) is 12.1 Å². The van der Waals surface area contributed by atoms with Crippen molar-refractivity contribution >= 4 is 33.0 Å². The summed E-state index contributed by atoms with van der Waals surface area (Å²) in [5.74, 6) is -0.331. The summed E-state index contributed by atoms with van der Waals surface area (Å²) in [4.78, 5) is 15.4. The van der Waals surface area contributed by atoms with Gasteiger partial charge in [0.1, 0.15) is 9.77 Å². The van der Waals surface area contributed by atoms with Crippen LogP contribution in [0.1, 0.15) is 40.1 Å². The summed E-state index contributed by atoms with van der Waals surface area (Å²) in [5.41, 5.74) is 3.58. The Kier molecular flexibility index (Phi) is 5.44. The number of nitrogens with one attached hydrogen (secondary N) is 1. The number of amides is 1. The monoisotopic (exact) mass is 419 g/mol. The molecule has 2 aliphatic rings. The minimum atomic E-state index is -3.59. The van der Waals surface area contributed by atoms with E-state index < -0.39 is 10.0 Å². The predicted octanol–water partition coefficient (Wildman–Crippen LogP) is 2.85. The molecule has 1 saturated heterocycles. The van der Waals surface area contributed by atoms with Crippen molar-refractivity contribution in [3.63, 3.8) is 0 Å². The second kappa shape index (κ2) is 7.85. The zero-order valence-electron chi connectivity index (χ0n) is 16.0. The van der Waals surface area contributed by atoms with Crippen LogP contribution in [0.3, 0.4) is 0 Å². The van der Waals surface area contributed by atoms with Crippen LogP contribution < -0.4 is 10.2 Å². The fourth-order valence-corrected chi connectivity index (χ4v) is 6.78. The van der Waals surface area contributed by atoms with E-state index in [0.29, 0.717) is 19.6 Å². The van der Waals surface area contributed by atoms with Gasteiger partial charge >= 0.3 is 0 Å². The maximum atomic E-state index is 12.8. The van der Waals surface area contributed by atoms with Crippen LogP contribution in [0.25, 0.3) is 0 Å². The summed E-state index contributed by atoms with van der Waals surface area (Å²) in [7, 11) is -1.50. The number of rotatable bonds is 5. The molecule has 1 fully saturated rings. The average molecular weight is 420 g/mol. The third-order valence-electron chi connectivity index (χ3n) is 5.47. The fraction of sp³-hybridized carbons (Fsp3) is 0.450. The predicted molar refractivity (Wildman–Crippen MR) is 112 cm³/mol. The summed E-state index contributed by atoms with van der Waals surface area (Å²) < 4.78 is 27.1. The van der Waals surface area contributed by atoms with Crippen LogP contribution in [0.5, 0.6) is 0 Å². The normalized spacial score (nSPS) is 17.5. The lowest BCUT2D eigenvalue weighted by molar-refractivity contribution is 0.0952. The molecule has 0 radical (unpaired) electrons. The molecule has 1 aromatic carbocycles. The number of hydrogen-bond donors (Lipinski definition) is 1. The van der Waals surface area contributed by atoms with Gasteiger partial charge in [0.05, 0.1) is 0 Å². The van der Waals surface area contributed by atoms with E-state index in [1.807, 2.05) is 6.07 Å². The summed E-state index contributed by atoms with van der Waals surface area (Å²) >= 11 is 1.18. The van der Waals surface area contributed by atoms with Gasteiger partial charge in [-0.3, -0.25) is 4.79 Å². The van der Waals surface area contributed by atoms with Gasteiger partial charge < -0.3 is 10.2 Å². The van der Waals surface area contributed by atoms with E-state index in [1.165, 1.54) is 26.9 Å². The highest BCUT2D eigenvalue weighted by Crippen LogP contribution is 2.29.